The molecule has 2 heterocycles. The minimum atomic E-state index is 0. The second-order valence-electron chi connectivity index (χ2n) is 6.00. The molecule has 7 nitrogen and oxygen atoms in total. The van der Waals surface area contributed by atoms with Gasteiger partial charge in [-0.25, -0.2) is 9.67 Å². The first-order valence-electron chi connectivity index (χ1n) is 8.65. The zero-order valence-corrected chi connectivity index (χ0v) is 17.4. The van der Waals surface area contributed by atoms with Gasteiger partial charge in [-0.15, -0.1) is 24.0 Å². The van der Waals surface area contributed by atoms with E-state index < -0.39 is 0 Å². The van der Waals surface area contributed by atoms with Crippen molar-refractivity contribution in [3.63, 3.8) is 0 Å². The van der Waals surface area contributed by atoms with Crippen LogP contribution in [0.5, 0.6) is 0 Å². The molecule has 0 fully saturated rings. The third-order valence-corrected chi connectivity index (χ3v) is 4.06. The van der Waals surface area contributed by atoms with Crippen molar-refractivity contribution in [1.82, 2.24) is 25.4 Å². The number of hydrogen-bond donors (Lipinski definition) is 2. The number of ether oxygens (including phenoxy) is 1. The highest BCUT2D eigenvalue weighted by Crippen LogP contribution is 2.13. The van der Waals surface area contributed by atoms with Crippen LogP contribution in [-0.4, -0.2) is 47.5 Å². The van der Waals surface area contributed by atoms with Crippen LogP contribution < -0.4 is 10.6 Å². The lowest BCUT2D eigenvalue weighted by atomic mass is 10.1. The van der Waals surface area contributed by atoms with Gasteiger partial charge in [-0.1, -0.05) is 26.2 Å². The molecule has 0 saturated carbocycles. The number of rotatable bonds is 8. The Kier molecular flexibility index (Phi) is 10.2. The smallest absolute Gasteiger partial charge is 0.191 e. The van der Waals surface area contributed by atoms with Gasteiger partial charge in [-0.2, -0.15) is 5.10 Å². The monoisotopic (exact) mass is 450 g/mol. The van der Waals surface area contributed by atoms with E-state index in [0.29, 0.717) is 12.6 Å². The van der Waals surface area contributed by atoms with E-state index in [2.05, 4.69) is 32.6 Å². The number of hydrogen-bond acceptors (Lipinski definition) is 4. The molecular weight excluding hydrogens is 419 g/mol. The summed E-state index contributed by atoms with van der Waals surface area (Å²) >= 11 is 0. The second kappa shape index (κ2) is 11.6. The minimum Gasteiger partial charge on any atom is -0.377 e. The van der Waals surface area contributed by atoms with Crippen molar-refractivity contribution in [2.45, 2.75) is 64.6 Å². The number of nitrogens with one attached hydrogen (secondary N) is 2. The van der Waals surface area contributed by atoms with Crippen LogP contribution in [0.2, 0.25) is 0 Å². The molecule has 1 atom stereocenters. The third-order valence-electron chi connectivity index (χ3n) is 4.06. The average molecular weight is 450 g/mol. The van der Waals surface area contributed by atoms with Crippen LogP contribution in [0.25, 0.3) is 0 Å². The van der Waals surface area contributed by atoms with Crippen molar-refractivity contribution in [1.29, 1.82) is 0 Å². The second-order valence-corrected chi connectivity index (χ2v) is 6.00. The number of aliphatic imine (C=N–C) groups is 1. The van der Waals surface area contributed by atoms with E-state index in [9.17, 15) is 0 Å². The maximum Gasteiger partial charge on any atom is 0.191 e. The molecule has 1 aliphatic rings. The first-order valence-corrected chi connectivity index (χ1v) is 8.65. The fourth-order valence-corrected chi connectivity index (χ4v) is 2.82. The van der Waals surface area contributed by atoms with Crippen LogP contribution >= 0.6 is 24.0 Å². The van der Waals surface area contributed by atoms with E-state index in [1.165, 1.54) is 25.7 Å². The molecule has 24 heavy (non-hydrogen) atoms. The molecule has 0 aromatic carbocycles. The highest BCUT2D eigenvalue weighted by atomic mass is 127. The van der Waals surface area contributed by atoms with Gasteiger partial charge in [0.25, 0.3) is 0 Å². The van der Waals surface area contributed by atoms with E-state index in [4.69, 9.17) is 4.74 Å². The summed E-state index contributed by atoms with van der Waals surface area (Å²) in [5.74, 6) is 2.70. The van der Waals surface area contributed by atoms with Gasteiger partial charge >= 0.3 is 0 Å². The molecule has 138 valence electrons. The quantitative estimate of drug-likeness (QED) is 0.275. The van der Waals surface area contributed by atoms with Gasteiger partial charge < -0.3 is 15.4 Å². The lowest BCUT2D eigenvalue weighted by molar-refractivity contribution is 0.177. The molecule has 0 radical (unpaired) electrons. The topological polar surface area (TPSA) is 76.4 Å². The van der Waals surface area contributed by atoms with Gasteiger partial charge in [-0.3, -0.25) is 4.99 Å². The lowest BCUT2D eigenvalue weighted by Crippen LogP contribution is -2.47. The Balaban J connectivity index is 0.00000288. The number of unbranched alkanes of at least 4 members (excludes halogenated alkanes) is 3. The van der Waals surface area contributed by atoms with Crippen molar-refractivity contribution >= 4 is 29.9 Å². The summed E-state index contributed by atoms with van der Waals surface area (Å²) in [6.07, 6.45) is 7.00. The van der Waals surface area contributed by atoms with Gasteiger partial charge in [0.1, 0.15) is 12.4 Å². The number of methoxy groups -OCH3 is 1. The summed E-state index contributed by atoms with van der Waals surface area (Å²) in [6.45, 7) is 4.49. The molecule has 0 spiro atoms. The molecule has 1 aliphatic heterocycles. The molecule has 1 unspecified atom stereocenters. The number of aromatic nitrogens is 3. The zero-order valence-electron chi connectivity index (χ0n) is 15.0. The third kappa shape index (κ3) is 6.54. The molecule has 0 aliphatic carbocycles. The van der Waals surface area contributed by atoms with Crippen LogP contribution in [0.3, 0.4) is 0 Å². The highest BCUT2D eigenvalue weighted by molar-refractivity contribution is 14.0. The number of guanidine groups is 1. The van der Waals surface area contributed by atoms with E-state index >= 15 is 0 Å². The number of fused-ring (bicyclic) bond motifs is 1. The van der Waals surface area contributed by atoms with Crippen LogP contribution in [-0.2, 0) is 24.3 Å². The van der Waals surface area contributed by atoms with Gasteiger partial charge in [0.05, 0.1) is 6.54 Å². The largest absolute Gasteiger partial charge is 0.377 e. The predicted octanol–water partition coefficient (Wildman–Crippen LogP) is 2.10. The van der Waals surface area contributed by atoms with E-state index in [1.54, 1.807) is 7.11 Å². The standard InChI is InChI=1S/C16H30N6O.HI/c1-4-5-6-7-10-18-16(17-2)19-13-8-9-15-20-14(12-23-3)21-22(15)11-13;/h13H,4-12H2,1-3H3,(H2,17,18,19);1H. The van der Waals surface area contributed by atoms with Crippen LogP contribution in [0.15, 0.2) is 4.99 Å². The van der Waals surface area contributed by atoms with Crippen LogP contribution in [0.1, 0.15) is 50.7 Å². The summed E-state index contributed by atoms with van der Waals surface area (Å²) in [6, 6.07) is 0.335. The van der Waals surface area contributed by atoms with Crippen molar-refractivity contribution < 1.29 is 4.74 Å². The summed E-state index contributed by atoms with van der Waals surface area (Å²) in [7, 11) is 3.49. The summed E-state index contributed by atoms with van der Waals surface area (Å²) < 4.78 is 7.09. The molecule has 1 aromatic heterocycles. The van der Waals surface area contributed by atoms with Crippen molar-refractivity contribution in [3.05, 3.63) is 11.6 Å². The Bertz CT molecular complexity index is 505. The predicted molar refractivity (Wildman–Crippen MR) is 107 cm³/mol. The molecule has 0 amide bonds. The van der Waals surface area contributed by atoms with E-state index in [0.717, 1.165) is 43.5 Å². The maximum absolute atomic E-state index is 5.10. The Morgan fingerprint density at radius 3 is 2.92 bits per heavy atom. The van der Waals surface area contributed by atoms with Gasteiger partial charge in [0.15, 0.2) is 11.8 Å². The minimum absolute atomic E-state index is 0. The molecule has 0 bridgehead atoms. The lowest BCUT2D eigenvalue weighted by Gasteiger charge is -2.25. The molecule has 8 heteroatoms. The summed E-state index contributed by atoms with van der Waals surface area (Å²) in [5, 5.41) is 11.4. The summed E-state index contributed by atoms with van der Waals surface area (Å²) in [5.41, 5.74) is 0. The Hall–Kier alpha value is -0.900. The van der Waals surface area contributed by atoms with Crippen molar-refractivity contribution in [3.8, 4) is 0 Å². The Labute approximate surface area is 162 Å². The summed E-state index contributed by atoms with van der Waals surface area (Å²) in [4.78, 5) is 8.83. The maximum atomic E-state index is 5.10. The van der Waals surface area contributed by atoms with E-state index in [1.807, 2.05) is 11.7 Å². The molecule has 2 rings (SSSR count). The van der Waals surface area contributed by atoms with Crippen LogP contribution in [0.4, 0.5) is 0 Å². The molecule has 0 saturated heterocycles. The highest BCUT2D eigenvalue weighted by Gasteiger charge is 2.22. The normalized spacial score (nSPS) is 17.1. The van der Waals surface area contributed by atoms with Crippen molar-refractivity contribution in [2.24, 2.45) is 4.99 Å². The van der Waals surface area contributed by atoms with Gasteiger partial charge in [0.2, 0.25) is 0 Å². The Morgan fingerprint density at radius 2 is 2.21 bits per heavy atom. The zero-order chi connectivity index (χ0) is 16.5. The Morgan fingerprint density at radius 1 is 1.38 bits per heavy atom. The average Bonchev–Trinajstić information content (AvgIpc) is 2.95. The van der Waals surface area contributed by atoms with Gasteiger partial charge in [0, 0.05) is 33.2 Å². The molecule has 1 aromatic rings. The number of aryl methyl sites for hydroxylation is 1. The number of halogens is 1. The first-order chi connectivity index (χ1) is 11.3. The molecular formula is C16H31IN6O. The van der Waals surface area contributed by atoms with Crippen molar-refractivity contribution in [2.75, 3.05) is 20.7 Å². The van der Waals surface area contributed by atoms with E-state index in [-0.39, 0.29) is 24.0 Å². The fourth-order valence-electron chi connectivity index (χ4n) is 2.82. The molecule has 2 N–H and O–H groups in total. The first kappa shape index (κ1) is 21.1. The van der Waals surface area contributed by atoms with Crippen LogP contribution in [0, 0.1) is 0 Å². The fraction of sp³-hybridized carbons (Fsp3) is 0.812. The number of nitrogens with zero attached hydrogens (tertiary/aromatic N) is 4. The van der Waals surface area contributed by atoms with Gasteiger partial charge in [-0.05, 0) is 12.8 Å². The SMILES string of the molecule is CCCCCCNC(=NC)NC1CCc2nc(COC)nn2C1.I.